The van der Waals surface area contributed by atoms with Gasteiger partial charge in [0.05, 0.1) is 18.2 Å². The van der Waals surface area contributed by atoms with Gasteiger partial charge in [0, 0.05) is 13.0 Å². The van der Waals surface area contributed by atoms with E-state index < -0.39 is 18.5 Å². The molecule has 0 spiro atoms. The number of esters is 1. The summed E-state index contributed by atoms with van der Waals surface area (Å²) >= 11 is 1.14. The van der Waals surface area contributed by atoms with Crippen LogP contribution < -0.4 is 10.9 Å². The highest BCUT2D eigenvalue weighted by atomic mass is 32.1. The molecule has 3 aromatic rings. The van der Waals surface area contributed by atoms with Crippen molar-refractivity contribution in [2.45, 2.75) is 45.7 Å². The number of carbonyl (C=O) groups excluding carboxylic acids is 2. The Hall–Kier alpha value is -2.94. The lowest BCUT2D eigenvalue weighted by molar-refractivity contribution is -0.124. The van der Waals surface area contributed by atoms with Crippen LogP contribution in [0.25, 0.3) is 10.2 Å². The maximum absolute atomic E-state index is 13.0. The van der Waals surface area contributed by atoms with E-state index in [1.54, 1.807) is 23.6 Å². The maximum atomic E-state index is 13.0. The predicted octanol–water partition coefficient (Wildman–Crippen LogP) is 2.56. The van der Waals surface area contributed by atoms with Gasteiger partial charge < -0.3 is 14.5 Å². The van der Waals surface area contributed by atoms with Crippen molar-refractivity contribution < 1.29 is 18.7 Å². The molecule has 1 amide bonds. The molecule has 152 valence electrons. The molecule has 1 N–H and O–H groups in total. The Balaban J connectivity index is 1.49. The van der Waals surface area contributed by atoms with E-state index in [2.05, 4.69) is 10.3 Å². The number of nitrogens with zero attached hydrogens (tertiary/aromatic N) is 2. The highest BCUT2D eigenvalue weighted by molar-refractivity contribution is 7.20. The van der Waals surface area contributed by atoms with Gasteiger partial charge in [0.1, 0.15) is 21.3 Å². The summed E-state index contributed by atoms with van der Waals surface area (Å²) in [6.07, 6.45) is 5.31. The smallest absolute Gasteiger partial charge is 0.349 e. The number of hydrogen-bond donors (Lipinski definition) is 1. The number of thiophene rings is 1. The van der Waals surface area contributed by atoms with Crippen LogP contribution in [0.2, 0.25) is 0 Å². The van der Waals surface area contributed by atoms with Gasteiger partial charge in [0.15, 0.2) is 6.61 Å². The van der Waals surface area contributed by atoms with Gasteiger partial charge in [0.25, 0.3) is 11.5 Å². The average molecular weight is 415 g/mol. The quantitative estimate of drug-likeness (QED) is 0.643. The molecule has 0 saturated carbocycles. The third-order valence-corrected chi connectivity index (χ3v) is 6.14. The molecule has 0 unspecified atom stereocenters. The molecular formula is C20H21N3O5S. The van der Waals surface area contributed by atoms with E-state index >= 15 is 0 Å². The molecule has 0 fully saturated rings. The van der Waals surface area contributed by atoms with Crippen molar-refractivity contribution in [3.8, 4) is 0 Å². The Morgan fingerprint density at radius 2 is 2.21 bits per heavy atom. The molecule has 0 atom stereocenters. The first-order valence-corrected chi connectivity index (χ1v) is 10.3. The van der Waals surface area contributed by atoms with Crippen LogP contribution in [0, 0.1) is 6.92 Å². The van der Waals surface area contributed by atoms with Gasteiger partial charge >= 0.3 is 5.97 Å². The summed E-state index contributed by atoms with van der Waals surface area (Å²) in [6, 6.07) is 3.46. The average Bonchev–Trinajstić information content (AvgIpc) is 3.26. The fraction of sp³-hybridized carbons (Fsp3) is 0.400. The van der Waals surface area contributed by atoms with Crippen molar-refractivity contribution >= 4 is 33.4 Å². The van der Waals surface area contributed by atoms with Gasteiger partial charge in [0.2, 0.25) is 0 Å². The summed E-state index contributed by atoms with van der Waals surface area (Å²) in [4.78, 5) is 42.9. The monoisotopic (exact) mass is 415 g/mol. The zero-order valence-electron chi connectivity index (χ0n) is 16.0. The van der Waals surface area contributed by atoms with Crippen molar-refractivity contribution in [1.29, 1.82) is 0 Å². The number of hydrogen-bond acceptors (Lipinski definition) is 7. The summed E-state index contributed by atoms with van der Waals surface area (Å²) in [5, 5.41) is 3.08. The van der Waals surface area contributed by atoms with E-state index in [-0.39, 0.29) is 12.1 Å². The summed E-state index contributed by atoms with van der Waals surface area (Å²) in [5.74, 6) is 0.325. The van der Waals surface area contributed by atoms with Crippen molar-refractivity contribution in [3.05, 3.63) is 50.8 Å². The number of rotatable bonds is 5. The second-order valence-electron chi connectivity index (χ2n) is 6.96. The van der Waals surface area contributed by atoms with Gasteiger partial charge in [-0.15, -0.1) is 11.3 Å². The standard InChI is InChI=1S/C20H21N3O5S/c1-12-16-18(22-14-7-3-2-4-8-23(14)19(16)25)29-17(12)20(26)28-11-15(24)21-10-13-6-5-9-27-13/h5-6,9H,2-4,7-8,10-11H2,1H3,(H,21,24). The van der Waals surface area contributed by atoms with Crippen LogP contribution >= 0.6 is 11.3 Å². The van der Waals surface area contributed by atoms with Crippen LogP contribution in [0.5, 0.6) is 0 Å². The van der Waals surface area contributed by atoms with Crippen LogP contribution in [0.3, 0.4) is 0 Å². The lowest BCUT2D eigenvalue weighted by atomic mass is 10.2. The lowest BCUT2D eigenvalue weighted by Crippen LogP contribution is -2.28. The molecule has 0 radical (unpaired) electrons. The van der Waals surface area contributed by atoms with Crippen LogP contribution in [0.4, 0.5) is 0 Å². The van der Waals surface area contributed by atoms with E-state index in [1.165, 1.54) is 6.26 Å². The molecule has 0 bridgehead atoms. The maximum Gasteiger partial charge on any atom is 0.349 e. The fourth-order valence-electron chi connectivity index (χ4n) is 3.45. The first-order valence-electron chi connectivity index (χ1n) is 9.53. The zero-order chi connectivity index (χ0) is 20.4. The van der Waals surface area contributed by atoms with Crippen LogP contribution in [-0.2, 0) is 29.0 Å². The highest BCUT2D eigenvalue weighted by Gasteiger charge is 2.23. The summed E-state index contributed by atoms with van der Waals surface area (Å²) < 4.78 is 12.0. The molecule has 0 aromatic carbocycles. The highest BCUT2D eigenvalue weighted by Crippen LogP contribution is 2.28. The van der Waals surface area contributed by atoms with E-state index in [4.69, 9.17) is 9.15 Å². The molecular weight excluding hydrogens is 394 g/mol. The van der Waals surface area contributed by atoms with E-state index in [9.17, 15) is 14.4 Å². The molecule has 0 aliphatic carbocycles. The van der Waals surface area contributed by atoms with Gasteiger partial charge in [-0.1, -0.05) is 6.42 Å². The Morgan fingerprint density at radius 1 is 1.34 bits per heavy atom. The van der Waals surface area contributed by atoms with Gasteiger partial charge in [-0.25, -0.2) is 9.78 Å². The number of aromatic nitrogens is 2. The molecule has 4 heterocycles. The Bertz CT molecular complexity index is 1110. The Labute approximate surface area is 170 Å². The molecule has 3 aromatic heterocycles. The SMILES string of the molecule is Cc1c(C(=O)OCC(=O)NCc2ccco2)sc2nc3n(c(=O)c12)CCCCC3. The second-order valence-corrected chi connectivity index (χ2v) is 7.96. The summed E-state index contributed by atoms with van der Waals surface area (Å²) in [7, 11) is 0. The molecule has 0 saturated heterocycles. The van der Waals surface area contributed by atoms with Crippen LogP contribution in [0.1, 0.15) is 46.1 Å². The topological polar surface area (TPSA) is 103 Å². The second kappa shape index (κ2) is 8.20. The van der Waals surface area contributed by atoms with Gasteiger partial charge in [-0.05, 0) is 37.5 Å². The molecule has 1 aliphatic heterocycles. The fourth-order valence-corrected chi connectivity index (χ4v) is 4.54. The number of nitrogens with one attached hydrogen (secondary N) is 1. The van der Waals surface area contributed by atoms with Gasteiger partial charge in [-0.2, -0.15) is 0 Å². The predicted molar refractivity (Wildman–Crippen MR) is 107 cm³/mol. The third kappa shape index (κ3) is 3.95. The van der Waals surface area contributed by atoms with Crippen molar-refractivity contribution in [2.75, 3.05) is 6.61 Å². The van der Waals surface area contributed by atoms with E-state index in [0.717, 1.165) is 42.8 Å². The first-order chi connectivity index (χ1) is 14.0. The van der Waals surface area contributed by atoms with Crippen molar-refractivity contribution in [3.63, 3.8) is 0 Å². The number of fused-ring (bicyclic) bond motifs is 2. The lowest BCUT2D eigenvalue weighted by Gasteiger charge is -2.08. The number of amides is 1. The molecule has 8 nitrogen and oxygen atoms in total. The third-order valence-electron chi connectivity index (χ3n) is 4.97. The minimum Gasteiger partial charge on any atom is -0.467 e. The first kappa shape index (κ1) is 19.4. The minimum atomic E-state index is -0.627. The van der Waals surface area contributed by atoms with E-state index in [0.29, 0.717) is 33.0 Å². The van der Waals surface area contributed by atoms with Crippen LogP contribution in [0.15, 0.2) is 27.6 Å². The Morgan fingerprint density at radius 3 is 3.00 bits per heavy atom. The summed E-state index contributed by atoms with van der Waals surface area (Å²) in [6.45, 7) is 2.19. The minimum absolute atomic E-state index is 0.101. The molecule has 9 heteroatoms. The summed E-state index contributed by atoms with van der Waals surface area (Å²) in [5.41, 5.74) is 0.457. The normalized spacial score (nSPS) is 13.7. The largest absolute Gasteiger partial charge is 0.467 e. The molecule has 29 heavy (non-hydrogen) atoms. The molecule has 1 aliphatic rings. The van der Waals surface area contributed by atoms with Crippen molar-refractivity contribution in [1.82, 2.24) is 14.9 Å². The number of aryl methyl sites for hydroxylation is 2. The Kier molecular flexibility index (Phi) is 5.48. The van der Waals surface area contributed by atoms with E-state index in [1.807, 2.05) is 0 Å². The number of furan rings is 1. The number of carbonyl (C=O) groups is 2. The van der Waals surface area contributed by atoms with Gasteiger partial charge in [-0.3, -0.25) is 14.2 Å². The number of ether oxygens (including phenoxy) is 1. The van der Waals surface area contributed by atoms with Crippen LogP contribution in [-0.4, -0.2) is 28.0 Å². The van der Waals surface area contributed by atoms with Crippen molar-refractivity contribution in [2.24, 2.45) is 0 Å². The zero-order valence-corrected chi connectivity index (χ0v) is 16.8. The molecule has 4 rings (SSSR count).